The molecule has 0 amide bonds. The van der Waals surface area contributed by atoms with Crippen molar-refractivity contribution < 1.29 is 9.90 Å². The summed E-state index contributed by atoms with van der Waals surface area (Å²) in [7, 11) is 0. The van der Waals surface area contributed by atoms with Crippen molar-refractivity contribution in [1.29, 1.82) is 0 Å². The zero-order valence-corrected chi connectivity index (χ0v) is 16.2. The first-order chi connectivity index (χ1) is 13.1. The highest BCUT2D eigenvalue weighted by molar-refractivity contribution is 7.80. The van der Waals surface area contributed by atoms with Crippen molar-refractivity contribution in [2.75, 3.05) is 47.5 Å². The van der Waals surface area contributed by atoms with Crippen LogP contribution in [0.5, 0.6) is 0 Å². The number of carboxylic acid groups (broad SMARTS) is 1. The molecule has 0 aliphatic carbocycles. The molecular formula is C17H27N7O2S. The molecule has 10 heteroatoms. The highest BCUT2D eigenvalue weighted by Crippen LogP contribution is 2.19. The Morgan fingerprint density at radius 1 is 1.19 bits per heavy atom. The minimum atomic E-state index is -0.874. The van der Waals surface area contributed by atoms with E-state index in [4.69, 9.17) is 5.11 Å². The number of carboxylic acids is 1. The highest BCUT2D eigenvalue weighted by Gasteiger charge is 2.25. The molecule has 1 unspecified atom stereocenters. The van der Waals surface area contributed by atoms with Gasteiger partial charge in [0.25, 0.3) is 0 Å². The summed E-state index contributed by atoms with van der Waals surface area (Å²) in [5.41, 5.74) is 0. The zero-order chi connectivity index (χ0) is 19.6. The fourth-order valence-corrected chi connectivity index (χ4v) is 2.99. The minimum absolute atomic E-state index is 0.132. The molecule has 1 aromatic heterocycles. The Balaban J connectivity index is 2.03. The lowest BCUT2D eigenvalue weighted by Crippen LogP contribution is -2.49. The van der Waals surface area contributed by atoms with Gasteiger partial charge in [0.05, 0.1) is 0 Å². The average molecular weight is 394 g/mol. The van der Waals surface area contributed by atoms with Gasteiger partial charge in [-0.1, -0.05) is 12.2 Å². The van der Waals surface area contributed by atoms with E-state index in [1.54, 1.807) is 12.2 Å². The van der Waals surface area contributed by atoms with E-state index in [9.17, 15) is 4.79 Å². The summed E-state index contributed by atoms with van der Waals surface area (Å²) in [5, 5.41) is 18.5. The number of hydrogen-bond acceptors (Lipinski definition) is 9. The number of anilines is 3. The number of hydrogen-bond donors (Lipinski definition) is 5. The summed E-state index contributed by atoms with van der Waals surface area (Å²) in [6.07, 6.45) is 5.07. The molecular weight excluding hydrogens is 366 g/mol. The van der Waals surface area contributed by atoms with Crippen LogP contribution in [0.4, 0.5) is 17.8 Å². The van der Waals surface area contributed by atoms with Crippen LogP contribution in [0.3, 0.4) is 0 Å². The van der Waals surface area contributed by atoms with E-state index in [0.717, 1.165) is 25.9 Å². The maximum atomic E-state index is 11.2. The van der Waals surface area contributed by atoms with Gasteiger partial charge < -0.3 is 26.0 Å². The van der Waals surface area contributed by atoms with Crippen LogP contribution in [0, 0.1) is 0 Å². The number of aromatic nitrogens is 3. The van der Waals surface area contributed by atoms with E-state index in [0.29, 0.717) is 30.9 Å². The Hall–Kier alpha value is -2.33. The quantitative estimate of drug-likeness (QED) is 0.277. The lowest BCUT2D eigenvalue weighted by atomic mass is 10.0. The Labute approximate surface area is 164 Å². The standard InChI is InChI=1S/C17H27N7O2S/c1-3-7-18-15-21-16(19-8-4-2)23-17(22-15)24-9-5-12(6-10-24)20-13(11-27)14(25)26/h3-4,12-13,20,27H,1-2,5-11H2,(H,25,26)(H2,18,19,21,22,23). The van der Waals surface area contributed by atoms with E-state index in [2.05, 4.69) is 61.6 Å². The third-order valence-electron chi connectivity index (χ3n) is 4.13. The predicted octanol–water partition coefficient (Wildman–Crippen LogP) is 1.01. The molecule has 9 nitrogen and oxygen atoms in total. The van der Waals surface area contributed by atoms with Gasteiger partial charge in [-0.05, 0) is 12.8 Å². The first kappa shape index (κ1) is 21.0. The maximum Gasteiger partial charge on any atom is 0.321 e. The summed E-state index contributed by atoms with van der Waals surface area (Å²) >= 11 is 4.10. The first-order valence-electron chi connectivity index (χ1n) is 8.87. The van der Waals surface area contributed by atoms with Crippen molar-refractivity contribution in [2.24, 2.45) is 0 Å². The maximum absolute atomic E-state index is 11.2. The second-order valence-corrected chi connectivity index (χ2v) is 6.49. The largest absolute Gasteiger partial charge is 0.480 e. The number of carbonyl (C=O) groups is 1. The summed E-state index contributed by atoms with van der Waals surface area (Å²) < 4.78 is 0. The van der Waals surface area contributed by atoms with Crippen molar-refractivity contribution in [1.82, 2.24) is 20.3 Å². The molecule has 1 fully saturated rings. The second kappa shape index (κ2) is 10.7. The number of rotatable bonds is 11. The third kappa shape index (κ3) is 6.40. The fourth-order valence-electron chi connectivity index (χ4n) is 2.72. The van der Waals surface area contributed by atoms with Crippen LogP contribution < -0.4 is 20.9 Å². The van der Waals surface area contributed by atoms with Gasteiger partial charge in [0.1, 0.15) is 6.04 Å². The van der Waals surface area contributed by atoms with Gasteiger partial charge in [0.2, 0.25) is 17.8 Å². The van der Waals surface area contributed by atoms with Crippen molar-refractivity contribution >= 4 is 36.4 Å². The van der Waals surface area contributed by atoms with Gasteiger partial charge >= 0.3 is 5.97 Å². The molecule has 1 aromatic rings. The molecule has 27 heavy (non-hydrogen) atoms. The minimum Gasteiger partial charge on any atom is -0.480 e. The molecule has 2 rings (SSSR count). The van der Waals surface area contributed by atoms with E-state index in [1.165, 1.54) is 0 Å². The van der Waals surface area contributed by atoms with E-state index < -0.39 is 12.0 Å². The van der Waals surface area contributed by atoms with Crippen molar-refractivity contribution in [3.05, 3.63) is 25.3 Å². The van der Waals surface area contributed by atoms with Crippen LogP contribution in [0.1, 0.15) is 12.8 Å². The smallest absolute Gasteiger partial charge is 0.321 e. The van der Waals surface area contributed by atoms with Crippen LogP contribution in [0.2, 0.25) is 0 Å². The predicted molar refractivity (Wildman–Crippen MR) is 111 cm³/mol. The van der Waals surface area contributed by atoms with Gasteiger partial charge in [0.15, 0.2) is 0 Å². The Morgan fingerprint density at radius 2 is 1.74 bits per heavy atom. The molecule has 0 spiro atoms. The third-order valence-corrected chi connectivity index (χ3v) is 4.49. The molecule has 0 aromatic carbocycles. The van der Waals surface area contributed by atoms with Crippen LogP contribution in [-0.4, -0.2) is 70.0 Å². The van der Waals surface area contributed by atoms with E-state index >= 15 is 0 Å². The molecule has 148 valence electrons. The van der Waals surface area contributed by atoms with Gasteiger partial charge in [-0.2, -0.15) is 27.6 Å². The van der Waals surface area contributed by atoms with E-state index in [-0.39, 0.29) is 11.8 Å². The number of aliphatic carboxylic acids is 1. The zero-order valence-electron chi connectivity index (χ0n) is 15.3. The molecule has 1 aliphatic heterocycles. The number of nitrogens with zero attached hydrogens (tertiary/aromatic N) is 4. The molecule has 0 bridgehead atoms. The topological polar surface area (TPSA) is 115 Å². The molecule has 1 atom stereocenters. The number of piperidine rings is 1. The number of nitrogens with one attached hydrogen (secondary N) is 3. The first-order valence-corrected chi connectivity index (χ1v) is 9.50. The second-order valence-electron chi connectivity index (χ2n) is 6.12. The van der Waals surface area contributed by atoms with Crippen molar-refractivity contribution in [2.45, 2.75) is 24.9 Å². The SMILES string of the molecule is C=CCNc1nc(NCC=C)nc(N2CCC(NC(CS)C(=O)O)CC2)n1. The van der Waals surface area contributed by atoms with Crippen LogP contribution in [0.25, 0.3) is 0 Å². The van der Waals surface area contributed by atoms with Crippen LogP contribution in [-0.2, 0) is 4.79 Å². The molecule has 1 saturated heterocycles. The summed E-state index contributed by atoms with van der Waals surface area (Å²) in [6, 6.07) is -0.500. The molecule has 4 N–H and O–H groups in total. The van der Waals surface area contributed by atoms with Gasteiger partial charge in [0, 0.05) is 38.0 Å². The summed E-state index contributed by atoms with van der Waals surface area (Å²) in [5.74, 6) is 0.937. The van der Waals surface area contributed by atoms with Crippen LogP contribution >= 0.6 is 12.6 Å². The highest BCUT2D eigenvalue weighted by atomic mass is 32.1. The lowest BCUT2D eigenvalue weighted by Gasteiger charge is -2.33. The normalized spacial score (nSPS) is 15.8. The molecule has 0 saturated carbocycles. The lowest BCUT2D eigenvalue weighted by molar-refractivity contribution is -0.139. The van der Waals surface area contributed by atoms with Gasteiger partial charge in [-0.15, -0.1) is 13.2 Å². The Kier molecular flexibility index (Phi) is 8.34. The molecule has 2 heterocycles. The number of thiol groups is 1. The van der Waals surface area contributed by atoms with E-state index in [1.807, 2.05) is 0 Å². The van der Waals surface area contributed by atoms with Gasteiger partial charge in [-0.3, -0.25) is 4.79 Å². The summed E-state index contributed by atoms with van der Waals surface area (Å²) in [6.45, 7) is 9.92. The van der Waals surface area contributed by atoms with Gasteiger partial charge in [-0.25, -0.2) is 0 Å². The molecule has 0 radical (unpaired) electrons. The Morgan fingerprint density at radius 3 is 2.19 bits per heavy atom. The average Bonchev–Trinajstić information content (AvgIpc) is 2.69. The van der Waals surface area contributed by atoms with Crippen LogP contribution in [0.15, 0.2) is 25.3 Å². The monoisotopic (exact) mass is 393 g/mol. The Bertz CT molecular complexity index is 620. The fraction of sp³-hybridized carbons (Fsp3) is 0.529. The summed E-state index contributed by atoms with van der Waals surface area (Å²) in [4.78, 5) is 26.5. The van der Waals surface area contributed by atoms with Crippen molar-refractivity contribution in [3.8, 4) is 0 Å². The van der Waals surface area contributed by atoms with Crippen molar-refractivity contribution in [3.63, 3.8) is 0 Å². The molecule has 1 aliphatic rings.